The normalized spacial score (nSPS) is 19.4. The maximum atomic E-state index is 13.3. The second-order valence-electron chi connectivity index (χ2n) is 8.97. The average molecular weight is 452 g/mol. The topological polar surface area (TPSA) is 52.7 Å². The van der Waals surface area contributed by atoms with Crippen molar-refractivity contribution in [3.05, 3.63) is 114 Å². The molecule has 0 aromatic heterocycles. The minimum absolute atomic E-state index is 0.00326. The minimum Gasteiger partial charge on any atom is -0.335 e. The van der Waals surface area contributed by atoms with Gasteiger partial charge in [-0.15, -0.1) is 0 Å². The van der Waals surface area contributed by atoms with Crippen molar-refractivity contribution in [3.8, 4) is 0 Å². The molecule has 5 nitrogen and oxygen atoms in total. The molecule has 2 unspecified atom stereocenters. The molecule has 3 aromatic rings. The maximum absolute atomic E-state index is 13.3. The summed E-state index contributed by atoms with van der Waals surface area (Å²) in [6.07, 6.45) is 6.92. The largest absolute Gasteiger partial charge is 0.335 e. The van der Waals surface area contributed by atoms with Crippen molar-refractivity contribution in [1.82, 2.24) is 10.2 Å². The molecule has 5 rings (SSSR count). The van der Waals surface area contributed by atoms with E-state index in [4.69, 9.17) is 0 Å². The van der Waals surface area contributed by atoms with Gasteiger partial charge >= 0.3 is 6.03 Å². The predicted molar refractivity (Wildman–Crippen MR) is 135 cm³/mol. The molecule has 2 atom stereocenters. The van der Waals surface area contributed by atoms with Gasteiger partial charge in [-0.3, -0.25) is 9.69 Å². The Balaban J connectivity index is 1.32. The standard InChI is InChI=1S/C29H29N3O2/c33-28(24-13-5-2-6-14-24)31-19-17-25(21-26(31)20-22-10-3-1-4-11-22)30-29(34)32-18-9-15-23-12-7-8-16-27(23)32/h1-14,16,18,25-26H,15,17,19-21H2,(H,30,34). The summed E-state index contributed by atoms with van der Waals surface area (Å²) in [7, 11) is 0. The van der Waals surface area contributed by atoms with E-state index in [1.54, 1.807) is 4.90 Å². The molecule has 2 aliphatic heterocycles. The molecule has 2 heterocycles. The summed E-state index contributed by atoms with van der Waals surface area (Å²) in [6.45, 7) is 0.614. The van der Waals surface area contributed by atoms with Gasteiger partial charge in [0.15, 0.2) is 0 Å². The SMILES string of the molecule is O=C(NC1CCN(C(=O)c2ccccc2)C(Cc2ccccc2)C1)N1C=CCc2ccccc21. The van der Waals surface area contributed by atoms with E-state index in [2.05, 4.69) is 23.5 Å². The number of urea groups is 1. The predicted octanol–water partition coefficient (Wildman–Crippen LogP) is 5.19. The van der Waals surface area contributed by atoms with Crippen LogP contribution < -0.4 is 10.2 Å². The number of carbonyl (C=O) groups excluding carboxylic acids is 2. The summed E-state index contributed by atoms with van der Waals surface area (Å²) < 4.78 is 0. The van der Waals surface area contributed by atoms with Gasteiger partial charge in [0.1, 0.15) is 0 Å². The third-order valence-electron chi connectivity index (χ3n) is 6.70. The number of fused-ring (bicyclic) bond motifs is 1. The molecule has 172 valence electrons. The molecule has 2 aliphatic rings. The van der Waals surface area contributed by atoms with E-state index in [9.17, 15) is 9.59 Å². The highest BCUT2D eigenvalue weighted by atomic mass is 16.2. The monoisotopic (exact) mass is 451 g/mol. The van der Waals surface area contributed by atoms with E-state index in [1.807, 2.05) is 83.9 Å². The van der Waals surface area contributed by atoms with Gasteiger partial charge in [-0.1, -0.05) is 72.8 Å². The summed E-state index contributed by atoms with van der Waals surface area (Å²) in [4.78, 5) is 30.2. The van der Waals surface area contributed by atoms with Crippen LogP contribution in [0.25, 0.3) is 0 Å². The van der Waals surface area contributed by atoms with E-state index in [0.29, 0.717) is 12.1 Å². The van der Waals surface area contributed by atoms with Crippen molar-refractivity contribution < 1.29 is 9.59 Å². The number of para-hydroxylation sites is 1. The van der Waals surface area contributed by atoms with Crippen molar-refractivity contribution in [2.45, 2.75) is 37.8 Å². The Morgan fingerprint density at radius 1 is 0.882 bits per heavy atom. The van der Waals surface area contributed by atoms with Crippen LogP contribution in [0.2, 0.25) is 0 Å². The van der Waals surface area contributed by atoms with Crippen molar-refractivity contribution >= 4 is 17.6 Å². The van der Waals surface area contributed by atoms with Crippen LogP contribution >= 0.6 is 0 Å². The minimum atomic E-state index is -0.116. The number of likely N-dealkylation sites (tertiary alicyclic amines) is 1. The number of nitrogens with one attached hydrogen (secondary N) is 1. The fourth-order valence-electron chi connectivity index (χ4n) is 4.98. The average Bonchev–Trinajstić information content (AvgIpc) is 2.89. The van der Waals surface area contributed by atoms with Gasteiger partial charge in [0.05, 0.1) is 5.69 Å². The Hall–Kier alpha value is -3.86. The lowest BCUT2D eigenvalue weighted by molar-refractivity contribution is 0.0583. The zero-order valence-corrected chi connectivity index (χ0v) is 19.1. The summed E-state index contributed by atoms with van der Waals surface area (Å²) in [5.41, 5.74) is 3.97. The first kappa shape index (κ1) is 22.0. The molecule has 1 fully saturated rings. The van der Waals surface area contributed by atoms with Crippen molar-refractivity contribution in [1.29, 1.82) is 0 Å². The van der Waals surface area contributed by atoms with E-state index < -0.39 is 0 Å². The molecule has 0 spiro atoms. The second-order valence-corrected chi connectivity index (χ2v) is 8.97. The second kappa shape index (κ2) is 9.96. The van der Waals surface area contributed by atoms with Crippen LogP contribution in [0.3, 0.4) is 0 Å². The number of allylic oxidation sites excluding steroid dienone is 1. The molecule has 0 aliphatic carbocycles. The molecule has 1 saturated heterocycles. The molecular formula is C29H29N3O2. The van der Waals surface area contributed by atoms with Gasteiger partial charge in [0.25, 0.3) is 5.91 Å². The number of anilines is 1. The third-order valence-corrected chi connectivity index (χ3v) is 6.70. The Morgan fingerprint density at radius 3 is 2.38 bits per heavy atom. The highest BCUT2D eigenvalue weighted by Gasteiger charge is 2.33. The molecule has 3 aromatic carbocycles. The lowest BCUT2D eigenvalue weighted by Crippen LogP contribution is -2.54. The van der Waals surface area contributed by atoms with E-state index >= 15 is 0 Å². The van der Waals surface area contributed by atoms with E-state index in [-0.39, 0.29) is 24.0 Å². The molecule has 3 amide bonds. The van der Waals surface area contributed by atoms with Crippen LogP contribution in [0.4, 0.5) is 10.5 Å². The first-order chi connectivity index (χ1) is 16.7. The fourth-order valence-corrected chi connectivity index (χ4v) is 4.98. The number of amides is 3. The quantitative estimate of drug-likeness (QED) is 0.594. The summed E-state index contributed by atoms with van der Waals surface area (Å²) in [5, 5.41) is 3.24. The van der Waals surface area contributed by atoms with Crippen molar-refractivity contribution in [3.63, 3.8) is 0 Å². The third kappa shape index (κ3) is 4.74. The molecule has 0 radical (unpaired) electrons. The van der Waals surface area contributed by atoms with Crippen molar-refractivity contribution in [2.75, 3.05) is 11.4 Å². The number of rotatable bonds is 4. The lowest BCUT2D eigenvalue weighted by Gasteiger charge is -2.40. The summed E-state index contributed by atoms with van der Waals surface area (Å²) in [5.74, 6) is 0.0548. The van der Waals surface area contributed by atoms with E-state index in [0.717, 1.165) is 36.9 Å². The first-order valence-electron chi connectivity index (χ1n) is 11.9. The van der Waals surface area contributed by atoms with Gasteiger partial charge in [-0.25, -0.2) is 4.79 Å². The number of hydrogen-bond acceptors (Lipinski definition) is 2. The van der Waals surface area contributed by atoms with Gasteiger partial charge < -0.3 is 10.2 Å². The molecular weight excluding hydrogens is 422 g/mol. The molecule has 34 heavy (non-hydrogen) atoms. The Kier molecular flexibility index (Phi) is 6.43. The smallest absolute Gasteiger partial charge is 0.326 e. The van der Waals surface area contributed by atoms with Crippen LogP contribution in [0.15, 0.2) is 97.2 Å². The van der Waals surface area contributed by atoms with Crippen molar-refractivity contribution in [2.24, 2.45) is 0 Å². The molecule has 5 heteroatoms. The van der Waals surface area contributed by atoms with Crippen LogP contribution in [-0.4, -0.2) is 35.5 Å². The highest BCUT2D eigenvalue weighted by Crippen LogP contribution is 2.27. The number of benzene rings is 3. The zero-order chi connectivity index (χ0) is 23.3. The van der Waals surface area contributed by atoms with Gasteiger partial charge in [0.2, 0.25) is 0 Å². The van der Waals surface area contributed by atoms with E-state index in [1.165, 1.54) is 5.56 Å². The van der Waals surface area contributed by atoms with Gasteiger partial charge in [0, 0.05) is 30.4 Å². The molecule has 1 N–H and O–H groups in total. The van der Waals surface area contributed by atoms with Crippen LogP contribution in [0, 0.1) is 0 Å². The number of nitrogens with zero attached hydrogens (tertiary/aromatic N) is 2. The number of piperidine rings is 1. The fraction of sp³-hybridized carbons (Fsp3) is 0.241. The van der Waals surface area contributed by atoms with Crippen LogP contribution in [0.1, 0.15) is 34.3 Å². The maximum Gasteiger partial charge on any atom is 0.326 e. The van der Waals surface area contributed by atoms with Crippen LogP contribution in [0.5, 0.6) is 0 Å². The summed E-state index contributed by atoms with van der Waals surface area (Å²) in [6, 6.07) is 27.6. The molecule has 0 bridgehead atoms. The van der Waals surface area contributed by atoms with Gasteiger partial charge in [-0.05, 0) is 55.0 Å². The number of carbonyl (C=O) groups is 2. The molecule has 0 saturated carbocycles. The number of hydrogen-bond donors (Lipinski definition) is 1. The highest BCUT2D eigenvalue weighted by molar-refractivity contribution is 5.96. The summed E-state index contributed by atoms with van der Waals surface area (Å²) >= 11 is 0. The first-order valence-corrected chi connectivity index (χ1v) is 11.9. The zero-order valence-electron chi connectivity index (χ0n) is 19.1. The van der Waals surface area contributed by atoms with Gasteiger partial charge in [-0.2, -0.15) is 0 Å². The van der Waals surface area contributed by atoms with Crippen LogP contribution in [-0.2, 0) is 12.8 Å². The Labute approximate surface area is 200 Å². The Bertz CT molecular complexity index is 1180. The lowest BCUT2D eigenvalue weighted by atomic mass is 9.91. The Morgan fingerprint density at radius 2 is 1.59 bits per heavy atom.